The van der Waals surface area contributed by atoms with Gasteiger partial charge in [0.05, 0.1) is 17.3 Å². The molecule has 2 heterocycles. The molecule has 6 heteroatoms. The van der Waals surface area contributed by atoms with Crippen molar-refractivity contribution in [3.05, 3.63) is 76.3 Å². The first-order chi connectivity index (χ1) is 14.1. The molecule has 0 atom stereocenters. The lowest BCUT2D eigenvalue weighted by molar-refractivity contribution is 0.0632. The number of amides is 1. The third-order valence-electron chi connectivity index (χ3n) is 5.16. The van der Waals surface area contributed by atoms with Crippen LogP contribution in [0.25, 0.3) is 10.6 Å². The Labute approximate surface area is 174 Å². The minimum Gasteiger partial charge on any atom is -0.335 e. The molecule has 4 rings (SSSR count). The lowest BCUT2D eigenvalue weighted by atomic mass is 10.1. The molecule has 1 fully saturated rings. The predicted molar refractivity (Wildman–Crippen MR) is 115 cm³/mol. The normalized spacial score (nSPS) is 14.6. The number of nitrogens with zero attached hydrogens (tertiary/aromatic N) is 4. The van der Waals surface area contributed by atoms with Gasteiger partial charge in [0.1, 0.15) is 9.88 Å². The molecule has 0 aliphatic carbocycles. The van der Waals surface area contributed by atoms with Gasteiger partial charge in [0.2, 0.25) is 0 Å². The summed E-state index contributed by atoms with van der Waals surface area (Å²) in [5.41, 5.74) is 3.72. The van der Waals surface area contributed by atoms with Gasteiger partial charge in [-0.2, -0.15) is 5.26 Å². The second-order valence-corrected chi connectivity index (χ2v) is 8.18. The van der Waals surface area contributed by atoms with Gasteiger partial charge in [-0.15, -0.1) is 11.3 Å². The van der Waals surface area contributed by atoms with Crippen molar-refractivity contribution in [2.45, 2.75) is 13.5 Å². The average molecular weight is 403 g/mol. The molecule has 0 spiro atoms. The fourth-order valence-corrected chi connectivity index (χ4v) is 4.53. The highest BCUT2D eigenvalue weighted by Gasteiger charge is 2.25. The predicted octanol–water partition coefficient (Wildman–Crippen LogP) is 3.95. The van der Waals surface area contributed by atoms with E-state index in [1.807, 2.05) is 66.4 Å². The third-order valence-corrected chi connectivity index (χ3v) is 6.35. The van der Waals surface area contributed by atoms with E-state index in [4.69, 9.17) is 5.26 Å². The summed E-state index contributed by atoms with van der Waals surface area (Å²) in [4.78, 5) is 22.7. The van der Waals surface area contributed by atoms with Crippen LogP contribution >= 0.6 is 11.3 Å². The fourth-order valence-electron chi connectivity index (χ4n) is 3.49. The first-order valence-electron chi connectivity index (χ1n) is 9.67. The van der Waals surface area contributed by atoms with E-state index in [-0.39, 0.29) is 5.91 Å². The fraction of sp³-hybridized carbons (Fsp3) is 0.261. The third kappa shape index (κ3) is 4.37. The summed E-state index contributed by atoms with van der Waals surface area (Å²) < 4.78 is 0. The minimum atomic E-state index is 0.0835. The van der Waals surface area contributed by atoms with Crippen molar-refractivity contribution < 1.29 is 4.79 Å². The zero-order valence-corrected chi connectivity index (χ0v) is 17.2. The molecule has 1 saturated heterocycles. The maximum atomic E-state index is 13.0. The lowest BCUT2D eigenvalue weighted by Crippen LogP contribution is -2.48. The van der Waals surface area contributed by atoms with Gasteiger partial charge >= 0.3 is 0 Å². The number of piperazine rings is 1. The van der Waals surface area contributed by atoms with Crippen LogP contribution < -0.4 is 0 Å². The molecule has 3 aromatic rings. The molecule has 0 bridgehead atoms. The van der Waals surface area contributed by atoms with E-state index in [1.165, 1.54) is 16.9 Å². The van der Waals surface area contributed by atoms with Crippen molar-refractivity contribution in [2.24, 2.45) is 0 Å². The summed E-state index contributed by atoms with van der Waals surface area (Å²) >= 11 is 1.48. The molecule has 1 amide bonds. The van der Waals surface area contributed by atoms with Crippen molar-refractivity contribution in [1.29, 1.82) is 5.26 Å². The molecular weight excluding hydrogens is 380 g/mol. The van der Waals surface area contributed by atoms with Crippen LogP contribution in [0, 0.1) is 18.3 Å². The molecule has 0 N–H and O–H groups in total. The number of hydrogen-bond acceptors (Lipinski definition) is 5. The van der Waals surface area contributed by atoms with Gasteiger partial charge in [-0.05, 0) is 24.6 Å². The van der Waals surface area contributed by atoms with E-state index in [2.05, 4.69) is 16.0 Å². The van der Waals surface area contributed by atoms with Crippen LogP contribution in [0.15, 0.2) is 54.6 Å². The Kier molecular flexibility index (Phi) is 5.70. The summed E-state index contributed by atoms with van der Waals surface area (Å²) in [5, 5.41) is 9.80. The zero-order valence-electron chi connectivity index (χ0n) is 16.3. The largest absolute Gasteiger partial charge is 0.335 e. The van der Waals surface area contributed by atoms with Gasteiger partial charge in [-0.25, -0.2) is 4.98 Å². The highest BCUT2D eigenvalue weighted by Crippen LogP contribution is 2.29. The number of carbonyl (C=O) groups is 1. The topological polar surface area (TPSA) is 60.2 Å². The van der Waals surface area contributed by atoms with E-state index in [0.29, 0.717) is 18.7 Å². The molecule has 1 aliphatic rings. The van der Waals surface area contributed by atoms with Crippen LogP contribution in [-0.4, -0.2) is 46.9 Å². The number of carbonyl (C=O) groups excluding carboxylic acids is 1. The van der Waals surface area contributed by atoms with Crippen molar-refractivity contribution in [3.63, 3.8) is 0 Å². The maximum Gasteiger partial charge on any atom is 0.265 e. The van der Waals surface area contributed by atoms with Crippen molar-refractivity contribution >= 4 is 17.2 Å². The van der Waals surface area contributed by atoms with Gasteiger partial charge in [-0.3, -0.25) is 9.69 Å². The van der Waals surface area contributed by atoms with Crippen LogP contribution in [0.5, 0.6) is 0 Å². The van der Waals surface area contributed by atoms with Crippen molar-refractivity contribution in [2.75, 3.05) is 26.2 Å². The number of thiazole rings is 1. The van der Waals surface area contributed by atoms with Gasteiger partial charge in [0.25, 0.3) is 5.91 Å². The molecule has 0 radical (unpaired) electrons. The molecule has 5 nitrogen and oxygen atoms in total. The number of rotatable bonds is 4. The highest BCUT2D eigenvalue weighted by atomic mass is 32.1. The average Bonchev–Trinajstić information content (AvgIpc) is 3.16. The van der Waals surface area contributed by atoms with Crippen LogP contribution in [0.1, 0.15) is 26.5 Å². The van der Waals surface area contributed by atoms with Gasteiger partial charge in [0, 0.05) is 38.3 Å². The molecule has 1 aliphatic heterocycles. The summed E-state index contributed by atoms with van der Waals surface area (Å²) in [6.45, 7) is 5.87. The molecule has 0 saturated carbocycles. The first-order valence-corrected chi connectivity index (χ1v) is 10.5. The monoisotopic (exact) mass is 402 g/mol. The zero-order chi connectivity index (χ0) is 20.2. The number of hydrogen-bond donors (Lipinski definition) is 0. The Balaban J connectivity index is 1.38. The SMILES string of the molecule is Cc1nc(-c2ccccc2)sc1C(=O)N1CCN(Cc2ccc(C#N)cc2)CC1. The van der Waals surface area contributed by atoms with Gasteiger partial charge in [-0.1, -0.05) is 42.5 Å². The second kappa shape index (κ2) is 8.56. The maximum absolute atomic E-state index is 13.0. The Morgan fingerprint density at radius 3 is 2.41 bits per heavy atom. The molecule has 146 valence electrons. The standard InChI is InChI=1S/C23H22N4OS/c1-17-21(29-22(25-17)20-5-3-2-4-6-20)23(28)27-13-11-26(12-14-27)16-19-9-7-18(15-24)8-10-19/h2-10H,11-14,16H2,1H3. The number of nitriles is 1. The minimum absolute atomic E-state index is 0.0835. The summed E-state index contributed by atoms with van der Waals surface area (Å²) in [6.07, 6.45) is 0. The summed E-state index contributed by atoms with van der Waals surface area (Å²) in [6, 6.07) is 19.9. The van der Waals surface area contributed by atoms with Crippen molar-refractivity contribution in [3.8, 4) is 16.6 Å². The molecule has 29 heavy (non-hydrogen) atoms. The molecule has 2 aromatic carbocycles. The van der Waals surface area contributed by atoms with Crippen LogP contribution in [-0.2, 0) is 6.54 Å². The van der Waals surface area contributed by atoms with E-state index >= 15 is 0 Å². The number of aromatic nitrogens is 1. The van der Waals surface area contributed by atoms with E-state index < -0.39 is 0 Å². The van der Waals surface area contributed by atoms with Crippen LogP contribution in [0.2, 0.25) is 0 Å². The Morgan fingerprint density at radius 1 is 1.07 bits per heavy atom. The van der Waals surface area contributed by atoms with E-state index in [0.717, 1.165) is 40.8 Å². The Morgan fingerprint density at radius 2 is 1.76 bits per heavy atom. The smallest absolute Gasteiger partial charge is 0.265 e. The molecule has 0 unspecified atom stereocenters. The Bertz CT molecular complexity index is 1030. The first kappa shape index (κ1) is 19.3. The lowest BCUT2D eigenvalue weighted by Gasteiger charge is -2.34. The van der Waals surface area contributed by atoms with Gasteiger partial charge < -0.3 is 4.90 Å². The summed E-state index contributed by atoms with van der Waals surface area (Å²) in [5.74, 6) is 0.0835. The van der Waals surface area contributed by atoms with Crippen LogP contribution in [0.3, 0.4) is 0 Å². The molecular formula is C23H22N4OS. The molecule has 1 aromatic heterocycles. The number of benzene rings is 2. The van der Waals surface area contributed by atoms with E-state index in [9.17, 15) is 4.79 Å². The van der Waals surface area contributed by atoms with Crippen molar-refractivity contribution in [1.82, 2.24) is 14.8 Å². The summed E-state index contributed by atoms with van der Waals surface area (Å²) in [7, 11) is 0. The quantitative estimate of drug-likeness (QED) is 0.663. The Hall–Kier alpha value is -3.01. The van der Waals surface area contributed by atoms with Gasteiger partial charge in [0.15, 0.2) is 0 Å². The van der Waals surface area contributed by atoms with Crippen LogP contribution in [0.4, 0.5) is 0 Å². The van der Waals surface area contributed by atoms with E-state index in [1.54, 1.807) is 0 Å². The number of aryl methyl sites for hydroxylation is 1. The second-order valence-electron chi connectivity index (χ2n) is 7.18. The highest BCUT2D eigenvalue weighted by molar-refractivity contribution is 7.17.